The highest BCUT2D eigenvalue weighted by atomic mass is 16.5. The van der Waals surface area contributed by atoms with Gasteiger partial charge in [0.15, 0.2) is 0 Å². The van der Waals surface area contributed by atoms with Gasteiger partial charge in [0.05, 0.1) is 6.61 Å². The third-order valence-corrected chi connectivity index (χ3v) is 5.88. The third-order valence-electron chi connectivity index (χ3n) is 5.88. The summed E-state index contributed by atoms with van der Waals surface area (Å²) in [5, 5.41) is 3.89. The highest BCUT2D eigenvalue weighted by Gasteiger charge is 2.49. The van der Waals surface area contributed by atoms with Crippen LogP contribution in [-0.2, 0) is 4.74 Å². The summed E-state index contributed by atoms with van der Waals surface area (Å²) in [6, 6.07) is 0.647. The van der Waals surface area contributed by atoms with Crippen LogP contribution in [0.3, 0.4) is 0 Å². The fourth-order valence-corrected chi connectivity index (χ4v) is 5.02. The SMILES string of the molecule is CCNC(C1CCCOC1)C1(N2CCCC2)CCCC1. The molecular formula is C17H32N2O. The van der Waals surface area contributed by atoms with Gasteiger partial charge in [0.1, 0.15) is 0 Å². The molecule has 0 aromatic rings. The maximum absolute atomic E-state index is 5.82. The minimum absolute atomic E-state index is 0.442. The van der Waals surface area contributed by atoms with E-state index in [1.165, 1.54) is 64.5 Å². The molecule has 2 unspecified atom stereocenters. The van der Waals surface area contributed by atoms with Crippen molar-refractivity contribution < 1.29 is 4.74 Å². The molecule has 3 aliphatic rings. The van der Waals surface area contributed by atoms with E-state index in [-0.39, 0.29) is 0 Å². The lowest BCUT2D eigenvalue weighted by atomic mass is 9.76. The summed E-state index contributed by atoms with van der Waals surface area (Å²) in [4.78, 5) is 2.85. The zero-order chi connectivity index (χ0) is 13.8. The molecule has 2 heterocycles. The Morgan fingerprint density at radius 1 is 1.15 bits per heavy atom. The Balaban J connectivity index is 1.81. The first-order valence-electron chi connectivity index (χ1n) is 8.93. The molecule has 0 aromatic heterocycles. The van der Waals surface area contributed by atoms with Gasteiger partial charge in [0, 0.05) is 18.2 Å². The number of hydrogen-bond acceptors (Lipinski definition) is 3. The van der Waals surface area contributed by atoms with E-state index < -0.39 is 0 Å². The second-order valence-electron chi connectivity index (χ2n) is 7.02. The molecule has 3 rings (SSSR count). The predicted molar refractivity (Wildman–Crippen MR) is 83.0 cm³/mol. The number of likely N-dealkylation sites (tertiary alicyclic amines) is 1. The van der Waals surface area contributed by atoms with Gasteiger partial charge in [-0.3, -0.25) is 4.90 Å². The maximum atomic E-state index is 5.82. The number of likely N-dealkylation sites (N-methyl/N-ethyl adjacent to an activating group) is 1. The molecule has 3 fully saturated rings. The van der Waals surface area contributed by atoms with E-state index in [9.17, 15) is 0 Å². The molecule has 0 amide bonds. The van der Waals surface area contributed by atoms with Gasteiger partial charge >= 0.3 is 0 Å². The maximum Gasteiger partial charge on any atom is 0.0509 e. The van der Waals surface area contributed by atoms with Crippen molar-refractivity contribution in [1.29, 1.82) is 0 Å². The molecule has 20 heavy (non-hydrogen) atoms. The van der Waals surface area contributed by atoms with Crippen molar-refractivity contribution in [3.05, 3.63) is 0 Å². The summed E-state index contributed by atoms with van der Waals surface area (Å²) in [6.07, 6.45) is 11.1. The minimum Gasteiger partial charge on any atom is -0.381 e. The predicted octanol–water partition coefficient (Wildman–Crippen LogP) is 2.80. The number of rotatable bonds is 5. The molecule has 2 aliphatic heterocycles. The van der Waals surface area contributed by atoms with Crippen LogP contribution in [-0.4, -0.2) is 49.3 Å². The average Bonchev–Trinajstić information content (AvgIpc) is 3.17. The van der Waals surface area contributed by atoms with Crippen molar-refractivity contribution in [2.75, 3.05) is 32.8 Å². The fourth-order valence-electron chi connectivity index (χ4n) is 5.02. The van der Waals surface area contributed by atoms with Crippen LogP contribution in [0, 0.1) is 5.92 Å². The zero-order valence-corrected chi connectivity index (χ0v) is 13.2. The van der Waals surface area contributed by atoms with Crippen LogP contribution < -0.4 is 5.32 Å². The second-order valence-corrected chi connectivity index (χ2v) is 7.02. The van der Waals surface area contributed by atoms with Gasteiger partial charge in [0.2, 0.25) is 0 Å². The molecule has 2 atom stereocenters. The fraction of sp³-hybridized carbons (Fsp3) is 1.00. The average molecular weight is 280 g/mol. The molecular weight excluding hydrogens is 248 g/mol. The Bertz CT molecular complexity index is 289. The standard InChI is InChI=1S/C17H32N2O/c1-2-18-16(15-8-7-13-20-14-15)17(9-3-4-10-17)19-11-5-6-12-19/h15-16,18H,2-14H2,1H3. The first-order chi connectivity index (χ1) is 9.87. The summed E-state index contributed by atoms with van der Waals surface area (Å²) < 4.78 is 5.82. The van der Waals surface area contributed by atoms with E-state index >= 15 is 0 Å². The van der Waals surface area contributed by atoms with Crippen molar-refractivity contribution in [2.45, 2.75) is 69.9 Å². The van der Waals surface area contributed by atoms with E-state index in [1.807, 2.05) is 0 Å². The number of ether oxygens (including phenoxy) is 1. The minimum atomic E-state index is 0.442. The van der Waals surface area contributed by atoms with Crippen molar-refractivity contribution in [3.63, 3.8) is 0 Å². The highest BCUT2D eigenvalue weighted by molar-refractivity contribution is 5.07. The van der Waals surface area contributed by atoms with E-state index in [1.54, 1.807) is 0 Å². The Morgan fingerprint density at radius 2 is 1.90 bits per heavy atom. The summed E-state index contributed by atoms with van der Waals surface area (Å²) in [5.74, 6) is 0.724. The molecule has 3 nitrogen and oxygen atoms in total. The van der Waals surface area contributed by atoms with Crippen LogP contribution >= 0.6 is 0 Å². The summed E-state index contributed by atoms with van der Waals surface area (Å²) in [7, 11) is 0. The van der Waals surface area contributed by atoms with Crippen molar-refractivity contribution in [1.82, 2.24) is 10.2 Å². The molecule has 1 aliphatic carbocycles. The Kier molecular flexibility index (Phi) is 5.00. The zero-order valence-electron chi connectivity index (χ0n) is 13.2. The van der Waals surface area contributed by atoms with Crippen molar-refractivity contribution >= 4 is 0 Å². The topological polar surface area (TPSA) is 24.5 Å². The second kappa shape index (κ2) is 6.76. The Hall–Kier alpha value is -0.120. The van der Waals surface area contributed by atoms with Crippen molar-refractivity contribution in [3.8, 4) is 0 Å². The summed E-state index contributed by atoms with van der Waals surface area (Å²) in [6.45, 7) is 7.98. The van der Waals surface area contributed by atoms with Gasteiger partial charge in [-0.15, -0.1) is 0 Å². The van der Waals surface area contributed by atoms with Gasteiger partial charge in [-0.1, -0.05) is 19.8 Å². The van der Waals surface area contributed by atoms with Crippen LogP contribution in [0.1, 0.15) is 58.3 Å². The monoisotopic (exact) mass is 280 g/mol. The molecule has 3 heteroatoms. The lowest BCUT2D eigenvalue weighted by molar-refractivity contribution is -0.0122. The van der Waals surface area contributed by atoms with E-state index in [0.717, 1.165) is 25.7 Å². The van der Waals surface area contributed by atoms with E-state index in [4.69, 9.17) is 4.74 Å². The Labute approximate surface area is 124 Å². The normalized spacial score (nSPS) is 32.5. The first-order valence-corrected chi connectivity index (χ1v) is 8.93. The lowest BCUT2D eigenvalue weighted by Crippen LogP contribution is -2.62. The van der Waals surface area contributed by atoms with Gasteiger partial charge in [0.25, 0.3) is 0 Å². The van der Waals surface area contributed by atoms with Crippen LogP contribution in [0.15, 0.2) is 0 Å². The summed E-state index contributed by atoms with van der Waals surface area (Å²) in [5.41, 5.74) is 0.442. The van der Waals surface area contributed by atoms with Gasteiger partial charge in [-0.05, 0) is 64.1 Å². The Morgan fingerprint density at radius 3 is 2.50 bits per heavy atom. The summed E-state index contributed by atoms with van der Waals surface area (Å²) >= 11 is 0. The van der Waals surface area contributed by atoms with Gasteiger partial charge < -0.3 is 10.1 Å². The van der Waals surface area contributed by atoms with Crippen LogP contribution in [0.2, 0.25) is 0 Å². The smallest absolute Gasteiger partial charge is 0.0509 e. The molecule has 0 aromatic carbocycles. The molecule has 116 valence electrons. The van der Waals surface area contributed by atoms with Crippen LogP contribution in [0.25, 0.3) is 0 Å². The molecule has 2 saturated heterocycles. The van der Waals surface area contributed by atoms with E-state index in [0.29, 0.717) is 11.6 Å². The molecule has 0 spiro atoms. The highest BCUT2D eigenvalue weighted by Crippen LogP contribution is 2.43. The molecule has 0 radical (unpaired) electrons. The first kappa shape index (κ1) is 14.8. The molecule has 1 saturated carbocycles. The van der Waals surface area contributed by atoms with Gasteiger partial charge in [-0.25, -0.2) is 0 Å². The van der Waals surface area contributed by atoms with E-state index in [2.05, 4.69) is 17.1 Å². The lowest BCUT2D eigenvalue weighted by Gasteiger charge is -2.49. The van der Waals surface area contributed by atoms with Gasteiger partial charge in [-0.2, -0.15) is 0 Å². The van der Waals surface area contributed by atoms with Crippen LogP contribution in [0.4, 0.5) is 0 Å². The number of nitrogens with zero attached hydrogens (tertiary/aromatic N) is 1. The number of nitrogens with one attached hydrogen (secondary N) is 1. The third kappa shape index (κ3) is 2.77. The molecule has 1 N–H and O–H groups in total. The quantitative estimate of drug-likeness (QED) is 0.838. The molecule has 0 bridgehead atoms. The largest absolute Gasteiger partial charge is 0.381 e. The van der Waals surface area contributed by atoms with Crippen LogP contribution in [0.5, 0.6) is 0 Å². The number of hydrogen-bond donors (Lipinski definition) is 1. The van der Waals surface area contributed by atoms with Crippen molar-refractivity contribution in [2.24, 2.45) is 5.92 Å².